The van der Waals surface area contributed by atoms with E-state index in [1.54, 1.807) is 13.0 Å². The fourth-order valence-corrected chi connectivity index (χ4v) is 3.62. The molecule has 31 heavy (non-hydrogen) atoms. The smallest absolute Gasteiger partial charge is 0.419 e. The number of alkyl halides is 3. The number of ether oxygens (including phenoxy) is 1. The van der Waals surface area contributed by atoms with Crippen LogP contribution in [0.3, 0.4) is 0 Å². The quantitative estimate of drug-likeness (QED) is 0.430. The SMILES string of the molecule is CCc1nn(-c2noc(C3CN(C(C)CC)C3)n2)c2cccc(OC(=O)C(F)(F)F)c12. The standard InChI is InChI=1S/C20H22F3N5O3/c1-4-11(3)27-9-12(10-27)17-24-19(26-31-17)28-14-7-6-8-15(16(14)13(5-2)25-28)30-18(29)20(21,22)23/h6-8,11-12H,4-5,9-10H2,1-3H3. The molecule has 1 fully saturated rings. The molecule has 1 aromatic carbocycles. The van der Waals surface area contributed by atoms with E-state index in [9.17, 15) is 18.0 Å². The molecule has 1 saturated heterocycles. The van der Waals surface area contributed by atoms with Crippen LogP contribution in [0.25, 0.3) is 16.9 Å². The molecule has 166 valence electrons. The molecule has 0 spiro atoms. The number of esters is 1. The number of nitrogens with zero attached hydrogens (tertiary/aromatic N) is 5. The Labute approximate surface area is 176 Å². The number of rotatable bonds is 6. The molecule has 0 bridgehead atoms. The molecule has 0 aliphatic carbocycles. The van der Waals surface area contributed by atoms with E-state index in [4.69, 9.17) is 4.52 Å². The van der Waals surface area contributed by atoms with Gasteiger partial charge in [0.05, 0.1) is 22.5 Å². The molecule has 0 saturated carbocycles. The predicted molar refractivity (Wildman–Crippen MR) is 104 cm³/mol. The lowest BCUT2D eigenvalue weighted by Gasteiger charge is -2.41. The maximum absolute atomic E-state index is 12.7. The highest BCUT2D eigenvalue weighted by molar-refractivity contribution is 5.92. The van der Waals surface area contributed by atoms with Crippen molar-refractivity contribution in [1.82, 2.24) is 24.8 Å². The average Bonchev–Trinajstić information content (AvgIpc) is 3.31. The number of benzene rings is 1. The van der Waals surface area contributed by atoms with Crippen LogP contribution in [-0.2, 0) is 11.2 Å². The molecule has 3 aromatic rings. The van der Waals surface area contributed by atoms with Crippen LogP contribution in [0.15, 0.2) is 22.7 Å². The van der Waals surface area contributed by atoms with Crippen LogP contribution < -0.4 is 4.74 Å². The second kappa shape index (κ2) is 7.95. The maximum atomic E-state index is 12.7. The van der Waals surface area contributed by atoms with E-state index in [0.29, 0.717) is 35.0 Å². The molecule has 1 aliphatic rings. The first-order valence-corrected chi connectivity index (χ1v) is 10.1. The number of likely N-dealkylation sites (tertiary alicyclic amines) is 1. The van der Waals surface area contributed by atoms with Gasteiger partial charge in [-0.15, -0.1) is 0 Å². The lowest BCUT2D eigenvalue weighted by atomic mass is 9.97. The summed E-state index contributed by atoms with van der Waals surface area (Å²) in [6.07, 6.45) is -3.64. The summed E-state index contributed by atoms with van der Waals surface area (Å²) in [5.74, 6) is -1.69. The molecule has 8 nitrogen and oxygen atoms in total. The van der Waals surface area contributed by atoms with E-state index >= 15 is 0 Å². The zero-order valence-corrected chi connectivity index (χ0v) is 17.3. The van der Waals surface area contributed by atoms with Crippen LogP contribution in [0.1, 0.15) is 44.7 Å². The minimum absolute atomic E-state index is 0.131. The van der Waals surface area contributed by atoms with E-state index in [1.807, 2.05) is 0 Å². The summed E-state index contributed by atoms with van der Waals surface area (Å²) in [4.78, 5) is 18.1. The Morgan fingerprint density at radius 2 is 2.06 bits per heavy atom. The van der Waals surface area contributed by atoms with Crippen molar-refractivity contribution >= 4 is 16.9 Å². The summed E-state index contributed by atoms with van der Waals surface area (Å²) in [7, 11) is 0. The molecule has 2 aromatic heterocycles. The number of hydrogen-bond donors (Lipinski definition) is 0. The van der Waals surface area contributed by atoms with Gasteiger partial charge in [0.25, 0.3) is 5.95 Å². The van der Waals surface area contributed by atoms with E-state index in [2.05, 4.69) is 38.7 Å². The van der Waals surface area contributed by atoms with Crippen LogP contribution in [0.2, 0.25) is 0 Å². The van der Waals surface area contributed by atoms with Crippen molar-refractivity contribution in [1.29, 1.82) is 0 Å². The van der Waals surface area contributed by atoms with Gasteiger partial charge in [0.2, 0.25) is 5.89 Å². The molecule has 4 rings (SSSR count). The van der Waals surface area contributed by atoms with E-state index in [1.165, 1.54) is 16.8 Å². The van der Waals surface area contributed by atoms with Crippen LogP contribution >= 0.6 is 0 Å². The Morgan fingerprint density at radius 3 is 2.71 bits per heavy atom. The topological polar surface area (TPSA) is 86.3 Å². The van der Waals surface area contributed by atoms with Crippen LogP contribution in [0.5, 0.6) is 5.75 Å². The second-order valence-corrected chi connectivity index (χ2v) is 7.59. The Hall–Kier alpha value is -2.95. The second-order valence-electron chi connectivity index (χ2n) is 7.59. The third-order valence-electron chi connectivity index (χ3n) is 5.60. The molecule has 1 aliphatic heterocycles. The number of aromatic nitrogens is 4. The molecular formula is C20H22F3N5O3. The van der Waals surface area contributed by atoms with Gasteiger partial charge in [0, 0.05) is 19.1 Å². The minimum Gasteiger partial charge on any atom is -0.419 e. The van der Waals surface area contributed by atoms with Gasteiger partial charge in [-0.2, -0.15) is 27.9 Å². The summed E-state index contributed by atoms with van der Waals surface area (Å²) >= 11 is 0. The van der Waals surface area contributed by atoms with Crippen LogP contribution in [0, 0.1) is 0 Å². The summed E-state index contributed by atoms with van der Waals surface area (Å²) in [6.45, 7) is 7.76. The van der Waals surface area contributed by atoms with Gasteiger partial charge in [-0.3, -0.25) is 4.90 Å². The fraction of sp³-hybridized carbons (Fsp3) is 0.500. The highest BCUT2D eigenvalue weighted by Gasteiger charge is 2.42. The lowest BCUT2D eigenvalue weighted by Crippen LogP contribution is -2.49. The number of carbonyl (C=O) groups is 1. The molecule has 0 radical (unpaired) electrons. The third-order valence-corrected chi connectivity index (χ3v) is 5.60. The predicted octanol–water partition coefficient (Wildman–Crippen LogP) is 3.64. The summed E-state index contributed by atoms with van der Waals surface area (Å²) < 4.78 is 49.5. The largest absolute Gasteiger partial charge is 0.491 e. The van der Waals surface area contributed by atoms with Gasteiger partial charge in [-0.05, 0) is 37.1 Å². The fourth-order valence-electron chi connectivity index (χ4n) is 3.62. The Kier molecular flexibility index (Phi) is 5.46. The number of carbonyl (C=O) groups excluding carboxylic acids is 1. The first-order valence-electron chi connectivity index (χ1n) is 10.1. The Bertz CT molecular complexity index is 1100. The maximum Gasteiger partial charge on any atom is 0.491 e. The minimum atomic E-state index is -5.10. The highest BCUT2D eigenvalue weighted by Crippen LogP contribution is 2.33. The van der Waals surface area contributed by atoms with E-state index in [0.717, 1.165) is 19.5 Å². The van der Waals surface area contributed by atoms with Crippen LogP contribution in [0.4, 0.5) is 13.2 Å². The molecular weight excluding hydrogens is 415 g/mol. The summed E-state index contributed by atoms with van der Waals surface area (Å²) in [5.41, 5.74) is 0.880. The number of hydrogen-bond acceptors (Lipinski definition) is 7. The van der Waals surface area contributed by atoms with Crippen LogP contribution in [-0.4, -0.2) is 56.1 Å². The monoisotopic (exact) mass is 437 g/mol. The normalized spacial score (nSPS) is 16.5. The van der Waals surface area contributed by atoms with Gasteiger partial charge in [0.1, 0.15) is 5.75 Å². The molecule has 0 N–H and O–H groups in total. The van der Waals surface area contributed by atoms with Crippen molar-refractivity contribution in [2.24, 2.45) is 0 Å². The van der Waals surface area contributed by atoms with E-state index in [-0.39, 0.29) is 17.6 Å². The first kappa shape index (κ1) is 21.3. The van der Waals surface area contributed by atoms with E-state index < -0.39 is 12.1 Å². The summed E-state index contributed by atoms with van der Waals surface area (Å²) in [5, 5.41) is 8.75. The number of aryl methyl sites for hydroxylation is 1. The molecule has 3 heterocycles. The number of halogens is 3. The van der Waals surface area contributed by atoms with Gasteiger partial charge >= 0.3 is 12.1 Å². The molecule has 0 amide bonds. The van der Waals surface area contributed by atoms with Crippen molar-refractivity contribution in [2.75, 3.05) is 13.1 Å². The van der Waals surface area contributed by atoms with Crippen molar-refractivity contribution in [3.63, 3.8) is 0 Å². The number of fused-ring (bicyclic) bond motifs is 1. The highest BCUT2D eigenvalue weighted by atomic mass is 19.4. The Balaban J connectivity index is 1.65. The van der Waals surface area contributed by atoms with Crippen molar-refractivity contribution in [2.45, 2.75) is 51.7 Å². The van der Waals surface area contributed by atoms with Gasteiger partial charge < -0.3 is 9.26 Å². The molecule has 1 atom stereocenters. The van der Waals surface area contributed by atoms with Gasteiger partial charge in [-0.25, -0.2) is 4.79 Å². The van der Waals surface area contributed by atoms with Gasteiger partial charge in [0.15, 0.2) is 0 Å². The first-order chi connectivity index (χ1) is 14.7. The Morgan fingerprint density at radius 1 is 1.32 bits per heavy atom. The van der Waals surface area contributed by atoms with Crippen molar-refractivity contribution in [3.05, 3.63) is 29.8 Å². The molecule has 1 unspecified atom stereocenters. The zero-order valence-electron chi connectivity index (χ0n) is 17.3. The van der Waals surface area contributed by atoms with Crippen molar-refractivity contribution in [3.8, 4) is 11.7 Å². The summed E-state index contributed by atoms with van der Waals surface area (Å²) in [6, 6.07) is 4.92. The van der Waals surface area contributed by atoms with Crippen molar-refractivity contribution < 1.29 is 27.2 Å². The van der Waals surface area contributed by atoms with Gasteiger partial charge in [-0.1, -0.05) is 19.9 Å². The lowest BCUT2D eigenvalue weighted by molar-refractivity contribution is -0.189. The average molecular weight is 437 g/mol. The third kappa shape index (κ3) is 3.89. The molecule has 11 heteroatoms. The zero-order chi connectivity index (χ0) is 22.3.